The Balaban J connectivity index is 1.74. The molecule has 23 heavy (non-hydrogen) atoms. The molecular weight excluding hydrogens is 319 g/mol. The van der Waals surface area contributed by atoms with Crippen LogP contribution in [-0.2, 0) is 11.3 Å². The van der Waals surface area contributed by atoms with Crippen molar-refractivity contribution in [2.75, 3.05) is 19.6 Å². The van der Waals surface area contributed by atoms with E-state index in [2.05, 4.69) is 5.32 Å². The standard InChI is InChI=1S/C17H24ClFN2O2/c1-17(2,3)23-16(22)21-7-6-12(11-21)9-20-10-13-4-5-14(18)8-15(13)19/h4-5,8,12,20H,6-7,9-11H2,1-3H3. The molecule has 1 amide bonds. The van der Waals surface area contributed by atoms with Gasteiger partial charge in [-0.05, 0) is 45.2 Å². The summed E-state index contributed by atoms with van der Waals surface area (Å²) < 4.78 is 19.1. The molecule has 0 aromatic heterocycles. The normalized spacial score (nSPS) is 18.3. The first-order valence-corrected chi connectivity index (χ1v) is 8.25. The van der Waals surface area contributed by atoms with Crippen LogP contribution in [0.3, 0.4) is 0 Å². The number of likely N-dealkylation sites (tertiary alicyclic amines) is 1. The zero-order chi connectivity index (χ0) is 17.0. The van der Waals surface area contributed by atoms with Gasteiger partial charge in [0, 0.05) is 36.8 Å². The van der Waals surface area contributed by atoms with Crippen LogP contribution in [0, 0.1) is 11.7 Å². The molecule has 2 rings (SSSR count). The molecular formula is C17H24ClFN2O2. The second-order valence-corrected chi connectivity index (χ2v) is 7.38. The summed E-state index contributed by atoms with van der Waals surface area (Å²) in [6.45, 7) is 8.15. The number of hydrogen-bond donors (Lipinski definition) is 1. The van der Waals surface area contributed by atoms with Gasteiger partial charge in [-0.3, -0.25) is 0 Å². The molecule has 1 aromatic rings. The molecule has 0 spiro atoms. The molecule has 6 heteroatoms. The molecule has 1 saturated heterocycles. The predicted octanol–water partition coefficient (Wildman–Crippen LogP) is 3.83. The van der Waals surface area contributed by atoms with E-state index in [1.165, 1.54) is 6.07 Å². The van der Waals surface area contributed by atoms with Crippen molar-refractivity contribution in [1.29, 1.82) is 0 Å². The SMILES string of the molecule is CC(C)(C)OC(=O)N1CCC(CNCc2ccc(Cl)cc2F)C1. The van der Waals surface area contributed by atoms with E-state index in [4.69, 9.17) is 16.3 Å². The molecule has 1 atom stereocenters. The Hall–Kier alpha value is -1.33. The largest absolute Gasteiger partial charge is 0.444 e. The summed E-state index contributed by atoms with van der Waals surface area (Å²) >= 11 is 5.74. The first-order chi connectivity index (χ1) is 10.7. The van der Waals surface area contributed by atoms with Crippen LogP contribution in [0.2, 0.25) is 5.02 Å². The Kier molecular flexibility index (Phi) is 5.87. The maximum absolute atomic E-state index is 13.7. The molecule has 1 heterocycles. The molecule has 4 nitrogen and oxygen atoms in total. The van der Waals surface area contributed by atoms with Gasteiger partial charge in [0.25, 0.3) is 0 Å². The minimum absolute atomic E-state index is 0.260. The molecule has 1 aliphatic rings. The van der Waals surface area contributed by atoms with Crippen molar-refractivity contribution in [3.63, 3.8) is 0 Å². The highest BCUT2D eigenvalue weighted by Crippen LogP contribution is 2.19. The third-order valence-corrected chi connectivity index (χ3v) is 3.94. The molecule has 0 saturated carbocycles. The van der Waals surface area contributed by atoms with Gasteiger partial charge in [0.05, 0.1) is 0 Å². The lowest BCUT2D eigenvalue weighted by atomic mass is 10.1. The van der Waals surface area contributed by atoms with Crippen LogP contribution >= 0.6 is 11.6 Å². The highest BCUT2D eigenvalue weighted by Gasteiger charge is 2.29. The van der Waals surface area contributed by atoms with Crippen LogP contribution < -0.4 is 5.32 Å². The number of carbonyl (C=O) groups is 1. The third kappa shape index (κ3) is 5.66. The van der Waals surface area contributed by atoms with E-state index in [1.54, 1.807) is 17.0 Å². The fourth-order valence-corrected chi connectivity index (χ4v) is 2.73. The number of amides is 1. The minimum Gasteiger partial charge on any atom is -0.444 e. The summed E-state index contributed by atoms with van der Waals surface area (Å²) in [7, 11) is 0. The van der Waals surface area contributed by atoms with Crippen LogP contribution in [0.25, 0.3) is 0 Å². The van der Waals surface area contributed by atoms with E-state index in [-0.39, 0.29) is 11.9 Å². The number of hydrogen-bond acceptors (Lipinski definition) is 3. The fraction of sp³-hybridized carbons (Fsp3) is 0.588. The monoisotopic (exact) mass is 342 g/mol. The Morgan fingerprint density at radius 2 is 2.22 bits per heavy atom. The van der Waals surface area contributed by atoms with Gasteiger partial charge in [0.2, 0.25) is 0 Å². The van der Waals surface area contributed by atoms with Gasteiger partial charge in [0.15, 0.2) is 0 Å². The highest BCUT2D eigenvalue weighted by atomic mass is 35.5. The number of benzene rings is 1. The number of nitrogens with zero attached hydrogens (tertiary/aromatic N) is 1. The zero-order valence-corrected chi connectivity index (χ0v) is 14.6. The number of ether oxygens (including phenoxy) is 1. The van der Waals surface area contributed by atoms with Crippen molar-refractivity contribution in [2.24, 2.45) is 5.92 Å². The van der Waals surface area contributed by atoms with E-state index in [9.17, 15) is 9.18 Å². The molecule has 1 unspecified atom stereocenters. The lowest BCUT2D eigenvalue weighted by Gasteiger charge is -2.24. The first kappa shape index (κ1) is 18.0. The summed E-state index contributed by atoms with van der Waals surface area (Å²) in [5.41, 5.74) is 0.121. The van der Waals surface area contributed by atoms with Gasteiger partial charge in [-0.25, -0.2) is 9.18 Å². The molecule has 128 valence electrons. The summed E-state index contributed by atoms with van der Waals surface area (Å²) in [5, 5.41) is 3.65. The number of nitrogens with one attached hydrogen (secondary N) is 1. The van der Waals surface area contributed by atoms with Gasteiger partial charge in [-0.1, -0.05) is 17.7 Å². The van der Waals surface area contributed by atoms with E-state index < -0.39 is 5.60 Å². The Labute approximate surface area is 141 Å². The average molecular weight is 343 g/mol. The van der Waals surface area contributed by atoms with Crippen molar-refractivity contribution >= 4 is 17.7 Å². The Morgan fingerprint density at radius 1 is 1.48 bits per heavy atom. The molecule has 1 aromatic carbocycles. The van der Waals surface area contributed by atoms with Crippen LogP contribution in [0.1, 0.15) is 32.8 Å². The summed E-state index contributed by atoms with van der Waals surface area (Å²) in [6.07, 6.45) is 0.666. The van der Waals surface area contributed by atoms with Gasteiger partial charge in [-0.15, -0.1) is 0 Å². The quantitative estimate of drug-likeness (QED) is 0.904. The molecule has 1 fully saturated rings. The summed E-state index contributed by atoms with van der Waals surface area (Å²) in [4.78, 5) is 13.7. The topological polar surface area (TPSA) is 41.6 Å². The molecule has 1 N–H and O–H groups in total. The minimum atomic E-state index is -0.473. The van der Waals surface area contributed by atoms with Crippen molar-refractivity contribution in [2.45, 2.75) is 39.3 Å². The van der Waals surface area contributed by atoms with E-state index in [0.717, 1.165) is 13.0 Å². The van der Waals surface area contributed by atoms with Crippen molar-refractivity contribution in [3.8, 4) is 0 Å². The second kappa shape index (κ2) is 7.49. The van der Waals surface area contributed by atoms with Crippen molar-refractivity contribution < 1.29 is 13.9 Å². The third-order valence-electron chi connectivity index (χ3n) is 3.70. The molecule has 0 aliphatic carbocycles. The highest BCUT2D eigenvalue weighted by molar-refractivity contribution is 6.30. The molecule has 0 radical (unpaired) electrons. The number of halogens is 2. The Bertz CT molecular complexity index is 560. The number of carbonyl (C=O) groups excluding carboxylic acids is 1. The van der Waals surface area contributed by atoms with Gasteiger partial charge < -0.3 is 15.0 Å². The molecule has 0 bridgehead atoms. The maximum atomic E-state index is 13.7. The summed E-state index contributed by atoms with van der Waals surface area (Å²) in [6, 6.07) is 4.69. The van der Waals surface area contributed by atoms with Gasteiger partial charge in [-0.2, -0.15) is 0 Å². The van der Waals surface area contributed by atoms with Crippen LogP contribution in [0.5, 0.6) is 0 Å². The van der Waals surface area contributed by atoms with Crippen LogP contribution in [0.15, 0.2) is 18.2 Å². The van der Waals surface area contributed by atoms with Gasteiger partial charge >= 0.3 is 6.09 Å². The number of rotatable bonds is 4. The van der Waals surface area contributed by atoms with Crippen LogP contribution in [0.4, 0.5) is 9.18 Å². The maximum Gasteiger partial charge on any atom is 0.410 e. The van der Waals surface area contributed by atoms with E-state index >= 15 is 0 Å². The lowest BCUT2D eigenvalue weighted by molar-refractivity contribution is 0.0288. The van der Waals surface area contributed by atoms with Crippen molar-refractivity contribution in [1.82, 2.24) is 10.2 Å². The molecule has 1 aliphatic heterocycles. The van der Waals surface area contributed by atoms with Gasteiger partial charge in [0.1, 0.15) is 11.4 Å². The second-order valence-electron chi connectivity index (χ2n) is 6.95. The average Bonchev–Trinajstić information content (AvgIpc) is 2.88. The Morgan fingerprint density at radius 3 is 2.87 bits per heavy atom. The summed E-state index contributed by atoms with van der Waals surface area (Å²) in [5.74, 6) is 0.0599. The van der Waals surface area contributed by atoms with Crippen molar-refractivity contribution in [3.05, 3.63) is 34.6 Å². The van der Waals surface area contributed by atoms with Crippen LogP contribution in [-0.4, -0.2) is 36.2 Å². The predicted molar refractivity (Wildman–Crippen MR) is 89.0 cm³/mol. The zero-order valence-electron chi connectivity index (χ0n) is 13.9. The first-order valence-electron chi connectivity index (χ1n) is 7.87. The van der Waals surface area contributed by atoms with E-state index in [0.29, 0.717) is 36.1 Å². The smallest absolute Gasteiger partial charge is 0.410 e. The van der Waals surface area contributed by atoms with E-state index in [1.807, 2.05) is 20.8 Å². The fourth-order valence-electron chi connectivity index (χ4n) is 2.57. The lowest BCUT2D eigenvalue weighted by Crippen LogP contribution is -2.36.